The second-order valence-electron chi connectivity index (χ2n) is 15.4. The molecule has 0 bridgehead atoms. The van der Waals surface area contributed by atoms with Crippen molar-refractivity contribution in [3.05, 3.63) is 97.2 Å². The van der Waals surface area contributed by atoms with Gasteiger partial charge in [-0.25, -0.2) is 0 Å². The number of carbonyl (C=O) groups is 1. The molecule has 0 saturated carbocycles. The molecule has 2 fully saturated rings. The highest BCUT2D eigenvalue weighted by molar-refractivity contribution is 5.76. The van der Waals surface area contributed by atoms with Crippen LogP contribution in [-0.2, 0) is 23.7 Å². The van der Waals surface area contributed by atoms with E-state index in [2.05, 4.69) is 98.2 Å². The number of ether oxygens (including phenoxy) is 4. The first-order chi connectivity index (χ1) is 30.1. The van der Waals surface area contributed by atoms with Crippen LogP contribution in [0.15, 0.2) is 97.2 Å². The van der Waals surface area contributed by atoms with Crippen molar-refractivity contribution in [2.24, 2.45) is 0 Å². The van der Waals surface area contributed by atoms with E-state index in [1.807, 2.05) is 12.2 Å². The van der Waals surface area contributed by atoms with E-state index < -0.39 is 86.8 Å². The standard InChI is InChI=1S/C48H77NO13/c1-3-5-7-9-11-13-15-16-17-18-19-20-22-24-26-28-30-32-40(53)49-36(37(52)31-29-27-25-23-21-14-12-10-8-6-4-2)35-59-47-45(58)43(56)46(39(34-51)61-47)62-48-44(57)42(55)41(54)38(33-50)60-48/h5,7-8,10-11,13,16-17,19-21,23-24,26,29,31,36-39,41-48,50-52,54-58H,3-4,6,9,12,14-15,18,22,25,27-28,30,32-35H2,1-2H3,(H,49,53)/b7-5-,10-8+,13-11-,17-16-,20-19-,23-21+,26-24-,31-29+. The molecule has 2 aliphatic rings. The van der Waals surface area contributed by atoms with Crippen molar-refractivity contribution < 1.29 is 64.6 Å². The van der Waals surface area contributed by atoms with Crippen LogP contribution in [0.1, 0.15) is 104 Å². The number of hydrogen-bond acceptors (Lipinski definition) is 13. The van der Waals surface area contributed by atoms with Gasteiger partial charge in [0, 0.05) is 6.42 Å². The average Bonchev–Trinajstić information content (AvgIpc) is 3.27. The first-order valence-electron chi connectivity index (χ1n) is 22.5. The van der Waals surface area contributed by atoms with Gasteiger partial charge in [0.1, 0.15) is 48.8 Å². The van der Waals surface area contributed by atoms with E-state index in [9.17, 15) is 45.6 Å². The van der Waals surface area contributed by atoms with Crippen LogP contribution < -0.4 is 5.32 Å². The van der Waals surface area contributed by atoms with Crippen molar-refractivity contribution in [1.29, 1.82) is 0 Å². The van der Waals surface area contributed by atoms with E-state index in [0.717, 1.165) is 64.2 Å². The van der Waals surface area contributed by atoms with Crippen molar-refractivity contribution in [3.8, 4) is 0 Å². The molecule has 0 aromatic heterocycles. The minimum absolute atomic E-state index is 0.185. The van der Waals surface area contributed by atoms with Gasteiger partial charge in [-0.3, -0.25) is 4.79 Å². The maximum Gasteiger partial charge on any atom is 0.220 e. The number of carbonyl (C=O) groups excluding carboxylic acids is 1. The molecule has 2 aliphatic heterocycles. The molecule has 12 unspecified atom stereocenters. The van der Waals surface area contributed by atoms with Crippen LogP contribution in [0.3, 0.4) is 0 Å². The Morgan fingerprint density at radius 2 is 1.10 bits per heavy atom. The molecule has 0 aliphatic carbocycles. The summed E-state index contributed by atoms with van der Waals surface area (Å²) in [6.45, 7) is 2.47. The first kappa shape index (κ1) is 55.0. The molecule has 62 heavy (non-hydrogen) atoms. The van der Waals surface area contributed by atoms with Gasteiger partial charge in [-0.2, -0.15) is 0 Å². The summed E-state index contributed by atoms with van der Waals surface area (Å²) in [5.41, 5.74) is 0. The highest BCUT2D eigenvalue weighted by Gasteiger charge is 2.50. The molecular formula is C48H77NO13. The molecular weight excluding hydrogens is 799 g/mol. The Kier molecular flexibility index (Phi) is 30.5. The van der Waals surface area contributed by atoms with Crippen LogP contribution in [0.4, 0.5) is 0 Å². The van der Waals surface area contributed by atoms with Crippen molar-refractivity contribution in [1.82, 2.24) is 5.32 Å². The summed E-state index contributed by atoms with van der Waals surface area (Å²) >= 11 is 0. The third-order valence-electron chi connectivity index (χ3n) is 10.2. The third-order valence-corrected chi connectivity index (χ3v) is 10.2. The fourth-order valence-corrected chi connectivity index (χ4v) is 6.54. The van der Waals surface area contributed by atoms with E-state index >= 15 is 0 Å². The lowest BCUT2D eigenvalue weighted by molar-refractivity contribution is -0.359. The Hall–Kier alpha value is -3.09. The van der Waals surface area contributed by atoms with Crippen molar-refractivity contribution in [3.63, 3.8) is 0 Å². The monoisotopic (exact) mass is 876 g/mol. The minimum Gasteiger partial charge on any atom is -0.394 e. The lowest BCUT2D eigenvalue weighted by Gasteiger charge is -2.46. The molecule has 2 rings (SSSR count). The quantitative estimate of drug-likeness (QED) is 0.0348. The molecule has 14 heteroatoms. The Morgan fingerprint density at radius 3 is 1.66 bits per heavy atom. The Bertz CT molecular complexity index is 1410. The van der Waals surface area contributed by atoms with Crippen LogP contribution in [0.25, 0.3) is 0 Å². The lowest BCUT2D eigenvalue weighted by Crippen LogP contribution is -2.65. The SMILES string of the molecule is CC/C=C\C/C=C\C/C=C\C/C=C\C/C=C\CCCC(=O)NC(COC1OC(CO)C(OC2OC(CO)C(O)C(O)C2O)C(O)C1O)C(O)/C=C/CC/C=C/CC/C=C/CCC. The van der Waals surface area contributed by atoms with Crippen LogP contribution in [0.2, 0.25) is 0 Å². The summed E-state index contributed by atoms with van der Waals surface area (Å²) < 4.78 is 22.5. The zero-order valence-electron chi connectivity index (χ0n) is 36.8. The van der Waals surface area contributed by atoms with E-state index in [1.165, 1.54) is 0 Å². The number of aliphatic hydroxyl groups is 8. The minimum atomic E-state index is -1.80. The van der Waals surface area contributed by atoms with Gasteiger partial charge in [-0.05, 0) is 77.0 Å². The number of hydrogen-bond donors (Lipinski definition) is 9. The van der Waals surface area contributed by atoms with E-state index in [0.29, 0.717) is 19.3 Å². The van der Waals surface area contributed by atoms with Crippen LogP contribution in [0, 0.1) is 0 Å². The fraction of sp³-hybridized carbons (Fsp3) is 0.646. The van der Waals surface area contributed by atoms with Gasteiger partial charge in [0.25, 0.3) is 0 Å². The van der Waals surface area contributed by atoms with Crippen LogP contribution >= 0.6 is 0 Å². The maximum absolute atomic E-state index is 13.1. The van der Waals surface area contributed by atoms with E-state index in [-0.39, 0.29) is 18.9 Å². The Balaban J connectivity index is 1.94. The second-order valence-corrected chi connectivity index (χ2v) is 15.4. The molecule has 0 radical (unpaired) electrons. The van der Waals surface area contributed by atoms with Gasteiger partial charge in [-0.1, -0.05) is 117 Å². The molecule has 12 atom stereocenters. The molecule has 352 valence electrons. The smallest absolute Gasteiger partial charge is 0.220 e. The van der Waals surface area contributed by atoms with Gasteiger partial charge in [0.05, 0.1) is 32.0 Å². The number of amides is 1. The molecule has 0 aromatic carbocycles. The molecule has 9 N–H and O–H groups in total. The normalized spacial score (nSPS) is 28.7. The molecule has 2 heterocycles. The second kappa shape index (κ2) is 34.3. The summed E-state index contributed by atoms with van der Waals surface area (Å²) in [4.78, 5) is 13.1. The summed E-state index contributed by atoms with van der Waals surface area (Å²) in [6, 6.07) is -0.971. The number of aliphatic hydroxyl groups excluding tert-OH is 8. The molecule has 2 saturated heterocycles. The zero-order chi connectivity index (χ0) is 45.4. The molecule has 0 aromatic rings. The van der Waals surface area contributed by atoms with E-state index in [4.69, 9.17) is 18.9 Å². The average molecular weight is 876 g/mol. The zero-order valence-corrected chi connectivity index (χ0v) is 36.8. The summed E-state index contributed by atoms with van der Waals surface area (Å²) in [6.07, 6.45) is 27.6. The number of nitrogens with one attached hydrogen (secondary N) is 1. The van der Waals surface area contributed by atoms with Gasteiger partial charge < -0.3 is 65.1 Å². The summed E-state index contributed by atoms with van der Waals surface area (Å²) in [7, 11) is 0. The van der Waals surface area contributed by atoms with Gasteiger partial charge in [0.2, 0.25) is 5.91 Å². The van der Waals surface area contributed by atoms with Gasteiger partial charge >= 0.3 is 0 Å². The number of rotatable bonds is 31. The van der Waals surface area contributed by atoms with Crippen LogP contribution in [-0.4, -0.2) is 140 Å². The summed E-state index contributed by atoms with van der Waals surface area (Å²) in [5, 5.41) is 86.3. The predicted molar refractivity (Wildman–Crippen MR) is 239 cm³/mol. The first-order valence-corrected chi connectivity index (χ1v) is 22.5. The van der Waals surface area contributed by atoms with Gasteiger partial charge in [-0.15, -0.1) is 0 Å². The fourth-order valence-electron chi connectivity index (χ4n) is 6.54. The molecule has 14 nitrogen and oxygen atoms in total. The van der Waals surface area contributed by atoms with Gasteiger partial charge in [0.15, 0.2) is 12.6 Å². The molecule has 1 amide bonds. The van der Waals surface area contributed by atoms with E-state index in [1.54, 1.807) is 6.08 Å². The predicted octanol–water partition coefficient (Wildman–Crippen LogP) is 4.42. The third kappa shape index (κ3) is 22.0. The van der Waals surface area contributed by atoms with Crippen LogP contribution in [0.5, 0.6) is 0 Å². The Morgan fingerprint density at radius 1 is 0.597 bits per heavy atom. The van der Waals surface area contributed by atoms with Crippen molar-refractivity contribution >= 4 is 5.91 Å². The molecule has 0 spiro atoms. The Labute approximate surface area is 369 Å². The number of allylic oxidation sites excluding steroid dienone is 15. The maximum atomic E-state index is 13.1. The highest BCUT2D eigenvalue weighted by Crippen LogP contribution is 2.29. The number of unbranched alkanes of at least 4 members (excludes halogenated alkanes) is 4. The lowest BCUT2D eigenvalue weighted by atomic mass is 9.97. The topological polar surface area (TPSA) is 228 Å². The largest absolute Gasteiger partial charge is 0.394 e. The highest BCUT2D eigenvalue weighted by atomic mass is 16.7. The summed E-state index contributed by atoms with van der Waals surface area (Å²) in [5.74, 6) is -0.319. The van der Waals surface area contributed by atoms with Crippen molar-refractivity contribution in [2.45, 2.75) is 177 Å². The van der Waals surface area contributed by atoms with Crippen molar-refractivity contribution in [2.75, 3.05) is 19.8 Å².